The fourth-order valence-corrected chi connectivity index (χ4v) is 4.61. The molecule has 1 aromatic heterocycles. The summed E-state index contributed by atoms with van der Waals surface area (Å²) in [6.07, 6.45) is 0.514. The molecule has 0 bridgehead atoms. The van der Waals surface area contributed by atoms with Gasteiger partial charge in [-0.15, -0.1) is 5.10 Å². The zero-order chi connectivity index (χ0) is 14.8. The molecule has 2 heterocycles. The van der Waals surface area contributed by atoms with Crippen LogP contribution in [0.1, 0.15) is 13.3 Å². The zero-order valence-electron chi connectivity index (χ0n) is 11.1. The molecule has 1 saturated heterocycles. The predicted octanol–water partition coefficient (Wildman–Crippen LogP) is -0.485. The number of hydrogen-bond acceptors (Lipinski definition) is 7. The number of aromatic amines is 1. The first-order valence-electron chi connectivity index (χ1n) is 6.22. The van der Waals surface area contributed by atoms with Crippen molar-refractivity contribution < 1.29 is 13.2 Å². The Balaban J connectivity index is 1.92. The van der Waals surface area contributed by atoms with Gasteiger partial charge in [0.05, 0.1) is 17.3 Å². The number of nitrogens with zero attached hydrogens (tertiary/aromatic N) is 3. The summed E-state index contributed by atoms with van der Waals surface area (Å²) in [5.41, 5.74) is 5.40. The number of sulfone groups is 1. The van der Waals surface area contributed by atoms with E-state index in [2.05, 4.69) is 15.2 Å². The van der Waals surface area contributed by atoms with Crippen LogP contribution in [0.3, 0.4) is 0 Å². The highest BCUT2D eigenvalue weighted by atomic mass is 32.2. The van der Waals surface area contributed by atoms with E-state index < -0.39 is 9.84 Å². The minimum atomic E-state index is -2.99. The van der Waals surface area contributed by atoms with Crippen molar-refractivity contribution in [2.75, 3.05) is 29.5 Å². The number of H-pyrrole nitrogens is 1. The highest BCUT2D eigenvalue weighted by molar-refractivity contribution is 7.99. The lowest BCUT2D eigenvalue weighted by atomic mass is 10.2. The molecule has 1 aliphatic rings. The fourth-order valence-electron chi connectivity index (χ4n) is 2.19. The maximum absolute atomic E-state index is 12.2. The molecule has 20 heavy (non-hydrogen) atoms. The van der Waals surface area contributed by atoms with E-state index in [1.54, 1.807) is 4.90 Å². The van der Waals surface area contributed by atoms with Gasteiger partial charge in [0.25, 0.3) is 0 Å². The second-order valence-electron chi connectivity index (χ2n) is 4.53. The van der Waals surface area contributed by atoms with Crippen LogP contribution in [-0.4, -0.2) is 64.3 Å². The molecule has 1 amide bonds. The van der Waals surface area contributed by atoms with Gasteiger partial charge in [0.15, 0.2) is 9.84 Å². The third-order valence-electron chi connectivity index (χ3n) is 3.12. The monoisotopic (exact) mass is 319 g/mol. The Kier molecular flexibility index (Phi) is 4.53. The smallest absolute Gasteiger partial charge is 0.233 e. The minimum absolute atomic E-state index is 0.0604. The van der Waals surface area contributed by atoms with Gasteiger partial charge in [-0.3, -0.25) is 4.79 Å². The first-order chi connectivity index (χ1) is 9.41. The largest absolute Gasteiger partial charge is 0.368 e. The minimum Gasteiger partial charge on any atom is -0.368 e. The van der Waals surface area contributed by atoms with E-state index in [1.807, 2.05) is 6.92 Å². The topological polar surface area (TPSA) is 122 Å². The van der Waals surface area contributed by atoms with Crippen LogP contribution in [0.5, 0.6) is 0 Å². The SMILES string of the molecule is CCN(C(=O)CSc1n[nH]c(N)n1)C1CCS(=O)(=O)C1. The first-order valence-corrected chi connectivity index (χ1v) is 9.02. The van der Waals surface area contributed by atoms with E-state index >= 15 is 0 Å². The summed E-state index contributed by atoms with van der Waals surface area (Å²) in [6, 6.07) is -0.213. The third kappa shape index (κ3) is 3.63. The van der Waals surface area contributed by atoms with Gasteiger partial charge in [-0.2, -0.15) is 4.98 Å². The number of nitrogens with two attached hydrogens (primary N) is 1. The summed E-state index contributed by atoms with van der Waals surface area (Å²) in [5, 5.41) is 6.73. The lowest BCUT2D eigenvalue weighted by Crippen LogP contribution is -2.41. The number of carbonyl (C=O) groups is 1. The molecule has 0 saturated carbocycles. The Hall–Kier alpha value is -1.29. The Labute approximate surface area is 121 Å². The van der Waals surface area contributed by atoms with Crippen LogP contribution in [-0.2, 0) is 14.6 Å². The summed E-state index contributed by atoms with van der Waals surface area (Å²) >= 11 is 1.18. The molecular formula is C10H17N5O3S2. The van der Waals surface area contributed by atoms with Crippen LogP contribution < -0.4 is 5.73 Å². The molecule has 0 radical (unpaired) electrons. The lowest BCUT2D eigenvalue weighted by molar-refractivity contribution is -0.129. The molecule has 112 valence electrons. The summed E-state index contributed by atoms with van der Waals surface area (Å²) < 4.78 is 23.0. The summed E-state index contributed by atoms with van der Waals surface area (Å²) in [6.45, 7) is 2.34. The number of hydrogen-bond donors (Lipinski definition) is 2. The molecular weight excluding hydrogens is 302 g/mol. The van der Waals surface area contributed by atoms with E-state index in [-0.39, 0.29) is 35.2 Å². The van der Waals surface area contributed by atoms with Crippen LogP contribution >= 0.6 is 11.8 Å². The van der Waals surface area contributed by atoms with Crippen molar-refractivity contribution >= 4 is 33.5 Å². The van der Waals surface area contributed by atoms with Crippen LogP contribution in [0.2, 0.25) is 0 Å². The molecule has 1 aliphatic heterocycles. The van der Waals surface area contributed by atoms with E-state index in [9.17, 15) is 13.2 Å². The van der Waals surface area contributed by atoms with Crippen molar-refractivity contribution in [3.8, 4) is 0 Å². The molecule has 2 rings (SSSR count). The maximum atomic E-state index is 12.2. The third-order valence-corrected chi connectivity index (χ3v) is 5.70. The second-order valence-corrected chi connectivity index (χ2v) is 7.70. The number of amides is 1. The van der Waals surface area contributed by atoms with Crippen LogP contribution in [0.25, 0.3) is 0 Å². The molecule has 1 aromatic rings. The quantitative estimate of drug-likeness (QED) is 0.702. The second kappa shape index (κ2) is 6.00. The number of carbonyl (C=O) groups excluding carboxylic acids is 1. The van der Waals surface area contributed by atoms with Gasteiger partial charge in [-0.1, -0.05) is 11.8 Å². The van der Waals surface area contributed by atoms with Gasteiger partial charge in [-0.25, -0.2) is 13.5 Å². The van der Waals surface area contributed by atoms with E-state index in [4.69, 9.17) is 5.73 Å². The molecule has 0 aromatic carbocycles. The number of nitrogens with one attached hydrogen (secondary N) is 1. The number of anilines is 1. The fraction of sp³-hybridized carbons (Fsp3) is 0.700. The molecule has 10 heteroatoms. The highest BCUT2D eigenvalue weighted by Crippen LogP contribution is 2.20. The maximum Gasteiger partial charge on any atom is 0.233 e. The molecule has 1 atom stereocenters. The van der Waals surface area contributed by atoms with Crippen LogP contribution in [0, 0.1) is 0 Å². The highest BCUT2D eigenvalue weighted by Gasteiger charge is 2.33. The molecule has 0 spiro atoms. The van der Waals surface area contributed by atoms with Gasteiger partial charge in [0.2, 0.25) is 17.0 Å². The summed E-state index contributed by atoms with van der Waals surface area (Å²) in [5.74, 6) is 0.482. The molecule has 3 N–H and O–H groups in total. The lowest BCUT2D eigenvalue weighted by Gasteiger charge is -2.26. The standard InChI is InChI=1S/C10H17N5O3S2/c1-2-15(7-3-4-20(17,18)6-7)8(16)5-19-10-12-9(11)13-14-10/h7H,2-6H2,1H3,(H3,11,12,13,14). The average molecular weight is 319 g/mol. The average Bonchev–Trinajstić information content (AvgIpc) is 2.94. The molecule has 1 fully saturated rings. The van der Waals surface area contributed by atoms with Gasteiger partial charge in [-0.05, 0) is 13.3 Å². The van der Waals surface area contributed by atoms with Crippen molar-refractivity contribution in [2.24, 2.45) is 0 Å². The van der Waals surface area contributed by atoms with Gasteiger partial charge in [0.1, 0.15) is 0 Å². The van der Waals surface area contributed by atoms with E-state index in [1.165, 1.54) is 11.8 Å². The number of nitrogen functional groups attached to an aromatic ring is 1. The number of thioether (sulfide) groups is 1. The number of rotatable bonds is 5. The van der Waals surface area contributed by atoms with Crippen LogP contribution in [0.15, 0.2) is 5.16 Å². The Morgan fingerprint density at radius 1 is 1.60 bits per heavy atom. The predicted molar refractivity (Wildman–Crippen MR) is 76.0 cm³/mol. The van der Waals surface area contributed by atoms with Gasteiger partial charge in [0, 0.05) is 12.6 Å². The van der Waals surface area contributed by atoms with Crippen molar-refractivity contribution in [3.63, 3.8) is 0 Å². The van der Waals surface area contributed by atoms with E-state index in [0.29, 0.717) is 18.1 Å². The Bertz CT molecular complexity index is 585. The number of aromatic nitrogens is 3. The van der Waals surface area contributed by atoms with Crippen molar-refractivity contribution in [1.29, 1.82) is 0 Å². The zero-order valence-corrected chi connectivity index (χ0v) is 12.7. The Morgan fingerprint density at radius 3 is 2.85 bits per heavy atom. The van der Waals surface area contributed by atoms with E-state index in [0.717, 1.165) is 0 Å². The summed E-state index contributed by atoms with van der Waals surface area (Å²) in [7, 11) is -2.99. The summed E-state index contributed by atoms with van der Waals surface area (Å²) in [4.78, 5) is 17.7. The van der Waals surface area contributed by atoms with Crippen molar-refractivity contribution in [1.82, 2.24) is 20.1 Å². The first kappa shape index (κ1) is 15.1. The molecule has 1 unspecified atom stereocenters. The molecule has 0 aliphatic carbocycles. The van der Waals surface area contributed by atoms with Gasteiger partial charge >= 0.3 is 0 Å². The molecule has 8 nitrogen and oxygen atoms in total. The Morgan fingerprint density at radius 2 is 2.35 bits per heavy atom. The normalized spacial score (nSPS) is 20.9. The van der Waals surface area contributed by atoms with Crippen LogP contribution in [0.4, 0.5) is 5.95 Å². The van der Waals surface area contributed by atoms with Gasteiger partial charge < -0.3 is 10.6 Å². The van der Waals surface area contributed by atoms with Crippen molar-refractivity contribution in [3.05, 3.63) is 0 Å². The van der Waals surface area contributed by atoms with Crippen molar-refractivity contribution in [2.45, 2.75) is 24.5 Å².